The third kappa shape index (κ3) is 4.41. The van der Waals surface area contributed by atoms with Crippen molar-refractivity contribution < 1.29 is 4.92 Å². The summed E-state index contributed by atoms with van der Waals surface area (Å²) >= 11 is 2.08. The van der Waals surface area contributed by atoms with Crippen molar-refractivity contribution in [2.45, 2.75) is 13.8 Å². The lowest BCUT2D eigenvalue weighted by Gasteiger charge is -2.18. The van der Waals surface area contributed by atoms with E-state index in [1.165, 1.54) is 0 Å². The lowest BCUT2D eigenvalue weighted by Crippen LogP contribution is -2.28. The van der Waals surface area contributed by atoms with Gasteiger partial charge < -0.3 is 10.2 Å². The Hall–Kier alpha value is -0.890. The maximum Gasteiger partial charge on any atom is 0.293 e. The number of hydrogen-bond acceptors (Lipinski definition) is 4. The number of nitrogens with zero attached hydrogens (tertiary/aromatic N) is 2. The number of nitrogens with one attached hydrogen (secondary N) is 1. The highest BCUT2D eigenvalue weighted by Crippen LogP contribution is 2.25. The summed E-state index contributed by atoms with van der Waals surface area (Å²) < 4.78 is 0.869. The van der Waals surface area contributed by atoms with Gasteiger partial charge in [-0.3, -0.25) is 10.1 Å². The van der Waals surface area contributed by atoms with Crippen LogP contribution < -0.4 is 5.32 Å². The van der Waals surface area contributed by atoms with E-state index >= 15 is 0 Å². The normalized spacial score (nSPS) is 10.7. The average molecular weight is 363 g/mol. The summed E-state index contributed by atoms with van der Waals surface area (Å²) in [7, 11) is 0. The molecule has 0 bridgehead atoms. The summed E-state index contributed by atoms with van der Waals surface area (Å²) in [5.41, 5.74) is 0.731. The Morgan fingerprint density at radius 2 is 2.06 bits per heavy atom. The van der Waals surface area contributed by atoms with Gasteiger partial charge in [0.2, 0.25) is 0 Å². The molecule has 0 saturated carbocycles. The van der Waals surface area contributed by atoms with Gasteiger partial charge in [-0.2, -0.15) is 0 Å². The number of nitro benzene ring substituents is 1. The number of halogens is 1. The zero-order chi connectivity index (χ0) is 13.5. The number of rotatable bonds is 7. The van der Waals surface area contributed by atoms with E-state index in [0.29, 0.717) is 12.2 Å². The molecule has 0 fully saturated rings. The molecule has 0 saturated heterocycles. The molecule has 0 atom stereocenters. The third-order valence-electron chi connectivity index (χ3n) is 2.79. The van der Waals surface area contributed by atoms with Gasteiger partial charge >= 0.3 is 0 Å². The van der Waals surface area contributed by atoms with Gasteiger partial charge in [-0.1, -0.05) is 13.8 Å². The van der Waals surface area contributed by atoms with E-state index in [0.717, 1.165) is 23.2 Å². The summed E-state index contributed by atoms with van der Waals surface area (Å²) in [6, 6.07) is 5.22. The van der Waals surface area contributed by atoms with Crippen LogP contribution in [0.3, 0.4) is 0 Å². The molecule has 100 valence electrons. The lowest BCUT2D eigenvalue weighted by atomic mass is 10.2. The lowest BCUT2D eigenvalue weighted by molar-refractivity contribution is -0.384. The zero-order valence-corrected chi connectivity index (χ0v) is 12.8. The fraction of sp³-hybridized carbons (Fsp3) is 0.500. The Balaban J connectivity index is 2.64. The van der Waals surface area contributed by atoms with Crippen molar-refractivity contribution in [3.8, 4) is 0 Å². The van der Waals surface area contributed by atoms with Crippen molar-refractivity contribution in [3.05, 3.63) is 31.9 Å². The van der Waals surface area contributed by atoms with Gasteiger partial charge in [-0.25, -0.2) is 0 Å². The fourth-order valence-electron chi connectivity index (χ4n) is 1.69. The molecule has 0 heterocycles. The fourth-order valence-corrected chi connectivity index (χ4v) is 2.17. The molecule has 1 rings (SSSR count). The Labute approximate surface area is 121 Å². The Morgan fingerprint density at radius 3 is 2.61 bits per heavy atom. The molecule has 0 unspecified atom stereocenters. The minimum atomic E-state index is -0.345. The van der Waals surface area contributed by atoms with Crippen LogP contribution in [0.4, 0.5) is 11.4 Å². The molecule has 18 heavy (non-hydrogen) atoms. The molecule has 0 radical (unpaired) electrons. The van der Waals surface area contributed by atoms with E-state index in [4.69, 9.17) is 0 Å². The first-order chi connectivity index (χ1) is 8.58. The Bertz CT molecular complexity index is 408. The van der Waals surface area contributed by atoms with Gasteiger partial charge in [-0.05, 0) is 47.8 Å². The maximum atomic E-state index is 10.9. The van der Waals surface area contributed by atoms with E-state index in [1.54, 1.807) is 12.1 Å². The van der Waals surface area contributed by atoms with Crippen LogP contribution in [0.15, 0.2) is 18.2 Å². The first-order valence-electron chi connectivity index (χ1n) is 5.98. The summed E-state index contributed by atoms with van der Waals surface area (Å²) in [5.74, 6) is 0. The quantitative estimate of drug-likeness (QED) is 0.460. The smallest absolute Gasteiger partial charge is 0.293 e. The minimum absolute atomic E-state index is 0.140. The van der Waals surface area contributed by atoms with Gasteiger partial charge in [0.15, 0.2) is 0 Å². The third-order valence-corrected chi connectivity index (χ3v) is 3.47. The van der Waals surface area contributed by atoms with Crippen LogP contribution in [0, 0.1) is 13.7 Å². The summed E-state index contributed by atoms with van der Waals surface area (Å²) in [5, 5.41) is 14.1. The summed E-state index contributed by atoms with van der Waals surface area (Å²) in [6.07, 6.45) is 0. The van der Waals surface area contributed by atoms with Gasteiger partial charge in [0.25, 0.3) is 5.69 Å². The van der Waals surface area contributed by atoms with Gasteiger partial charge in [0, 0.05) is 22.7 Å². The molecule has 0 aliphatic heterocycles. The number of likely N-dealkylation sites (N-methyl/N-ethyl adjacent to an activating group) is 1. The molecule has 1 N–H and O–H groups in total. The maximum absolute atomic E-state index is 10.9. The molecule has 0 aromatic heterocycles. The van der Waals surface area contributed by atoms with Crippen LogP contribution in [-0.4, -0.2) is 36.0 Å². The van der Waals surface area contributed by atoms with E-state index < -0.39 is 0 Å². The Morgan fingerprint density at radius 1 is 1.39 bits per heavy atom. The molecule has 5 nitrogen and oxygen atoms in total. The molecule has 1 aromatic carbocycles. The van der Waals surface area contributed by atoms with Crippen molar-refractivity contribution >= 4 is 34.0 Å². The van der Waals surface area contributed by atoms with E-state index in [9.17, 15) is 10.1 Å². The number of hydrogen-bond donors (Lipinski definition) is 1. The average Bonchev–Trinajstić information content (AvgIpc) is 2.36. The molecule has 0 aliphatic rings. The van der Waals surface area contributed by atoms with Crippen molar-refractivity contribution in [2.24, 2.45) is 0 Å². The first kappa shape index (κ1) is 15.2. The van der Waals surface area contributed by atoms with Crippen molar-refractivity contribution in [2.75, 3.05) is 31.5 Å². The van der Waals surface area contributed by atoms with Gasteiger partial charge in [0.1, 0.15) is 5.69 Å². The predicted molar refractivity (Wildman–Crippen MR) is 82.1 cm³/mol. The number of benzene rings is 1. The van der Waals surface area contributed by atoms with Crippen LogP contribution in [0.5, 0.6) is 0 Å². The van der Waals surface area contributed by atoms with Crippen LogP contribution in [0.2, 0.25) is 0 Å². The molecule has 6 heteroatoms. The second kappa shape index (κ2) is 7.52. The first-order valence-corrected chi connectivity index (χ1v) is 7.06. The van der Waals surface area contributed by atoms with E-state index in [1.807, 2.05) is 6.07 Å². The standard InChI is InChI=1S/C12H18IN3O2/c1-3-15(4-2)8-7-14-11-6-5-10(13)9-12(11)16(17)18/h5-6,9,14H,3-4,7-8H2,1-2H3. The van der Waals surface area contributed by atoms with Crippen LogP contribution in [-0.2, 0) is 0 Å². The largest absolute Gasteiger partial charge is 0.378 e. The van der Waals surface area contributed by atoms with Gasteiger partial charge in [-0.15, -0.1) is 0 Å². The topological polar surface area (TPSA) is 58.4 Å². The molecular formula is C12H18IN3O2. The van der Waals surface area contributed by atoms with E-state index in [-0.39, 0.29) is 10.6 Å². The monoisotopic (exact) mass is 363 g/mol. The second-order valence-corrected chi connectivity index (χ2v) is 5.12. The highest BCUT2D eigenvalue weighted by molar-refractivity contribution is 14.1. The molecule has 1 aromatic rings. The van der Waals surface area contributed by atoms with Crippen LogP contribution in [0.1, 0.15) is 13.8 Å². The van der Waals surface area contributed by atoms with Crippen LogP contribution in [0.25, 0.3) is 0 Å². The highest BCUT2D eigenvalue weighted by atomic mass is 127. The van der Waals surface area contributed by atoms with Gasteiger partial charge in [0.05, 0.1) is 4.92 Å². The molecule has 0 aliphatic carbocycles. The minimum Gasteiger partial charge on any atom is -0.378 e. The number of nitro groups is 1. The summed E-state index contributed by atoms with van der Waals surface area (Å²) in [6.45, 7) is 7.80. The van der Waals surface area contributed by atoms with Crippen molar-refractivity contribution in [1.82, 2.24) is 4.90 Å². The molecule has 0 amide bonds. The Kier molecular flexibility index (Phi) is 6.34. The SMILES string of the molecule is CCN(CC)CCNc1ccc(I)cc1[N+](=O)[O-]. The summed E-state index contributed by atoms with van der Waals surface area (Å²) in [4.78, 5) is 12.9. The van der Waals surface area contributed by atoms with E-state index in [2.05, 4.69) is 46.7 Å². The highest BCUT2D eigenvalue weighted by Gasteiger charge is 2.13. The molecule has 0 spiro atoms. The second-order valence-electron chi connectivity index (χ2n) is 3.87. The number of anilines is 1. The zero-order valence-electron chi connectivity index (χ0n) is 10.6. The van der Waals surface area contributed by atoms with Crippen molar-refractivity contribution in [3.63, 3.8) is 0 Å². The van der Waals surface area contributed by atoms with Crippen LogP contribution >= 0.6 is 22.6 Å². The molecular weight excluding hydrogens is 345 g/mol. The van der Waals surface area contributed by atoms with Crippen molar-refractivity contribution in [1.29, 1.82) is 0 Å². The predicted octanol–water partition coefficient (Wildman–Crippen LogP) is 2.95.